The molecule has 1 aliphatic rings. The Hall–Kier alpha value is -3.86. The van der Waals surface area contributed by atoms with Crippen LogP contribution in [0.3, 0.4) is 0 Å². The molecule has 1 fully saturated rings. The minimum absolute atomic E-state index is 0.0752. The van der Waals surface area contributed by atoms with Gasteiger partial charge in [0, 0.05) is 30.4 Å². The lowest BCUT2D eigenvalue weighted by Gasteiger charge is -2.16. The molecule has 4 rings (SSSR count). The van der Waals surface area contributed by atoms with E-state index in [1.165, 1.54) is 4.80 Å². The van der Waals surface area contributed by atoms with Gasteiger partial charge in [-0.15, -0.1) is 10.2 Å². The van der Waals surface area contributed by atoms with Crippen LogP contribution in [0.15, 0.2) is 36.5 Å². The molecule has 1 saturated heterocycles. The molecule has 0 bridgehead atoms. The van der Waals surface area contributed by atoms with Crippen LogP contribution in [0.25, 0.3) is 22.6 Å². The number of anilines is 1. The van der Waals surface area contributed by atoms with E-state index in [2.05, 4.69) is 31.0 Å². The summed E-state index contributed by atoms with van der Waals surface area (Å²) in [6.07, 6.45) is 1.35. The van der Waals surface area contributed by atoms with Gasteiger partial charge in [0.2, 0.25) is 11.7 Å². The van der Waals surface area contributed by atoms with Crippen molar-refractivity contribution in [2.24, 2.45) is 7.05 Å². The second kappa shape index (κ2) is 9.74. The maximum atomic E-state index is 12.4. The maximum absolute atomic E-state index is 12.4. The van der Waals surface area contributed by atoms with E-state index in [9.17, 15) is 9.59 Å². The highest BCUT2D eigenvalue weighted by Gasteiger charge is 2.32. The molecule has 3 heterocycles. The number of rotatable bonds is 8. The summed E-state index contributed by atoms with van der Waals surface area (Å²) in [6, 6.07) is 9.60. The first-order valence-electron chi connectivity index (χ1n) is 10.7. The topological polar surface area (TPSA) is 127 Å². The Morgan fingerprint density at radius 2 is 2.12 bits per heavy atom. The van der Waals surface area contributed by atoms with E-state index in [4.69, 9.17) is 4.74 Å². The van der Waals surface area contributed by atoms with Crippen LogP contribution < -0.4 is 15.5 Å². The van der Waals surface area contributed by atoms with Gasteiger partial charge in [-0.1, -0.05) is 12.1 Å². The zero-order valence-corrected chi connectivity index (χ0v) is 18.8. The fourth-order valence-corrected chi connectivity index (χ4v) is 3.60. The number of nitrogens with zero attached hydrogens (tertiary/aromatic N) is 6. The Morgan fingerprint density at radius 3 is 2.79 bits per heavy atom. The Bertz CT molecular complexity index is 1140. The number of hydrogen-bond acceptors (Lipinski definition) is 8. The summed E-state index contributed by atoms with van der Waals surface area (Å²) < 4.78 is 5.42. The summed E-state index contributed by atoms with van der Waals surface area (Å²) in [6.45, 7) is 3.26. The fourth-order valence-electron chi connectivity index (χ4n) is 3.60. The largest absolute Gasteiger partial charge is 0.442 e. The van der Waals surface area contributed by atoms with Crippen molar-refractivity contribution in [3.8, 4) is 22.6 Å². The fraction of sp³-hybridized carbons (Fsp3) is 0.364. The standard InChI is InChI=1S/C22H26N8O3/c1-14-10-16(30-13-17(33-22(30)32)12-25-20(31)8-9-23-2)5-6-18(14)15-4-7-19(24-11-15)21-26-28-29(3)27-21/h4-7,10-11,17,23H,8-9,12-13H2,1-3H3,(H,25,31)/t17-/m0/s1. The minimum atomic E-state index is -0.417. The van der Waals surface area contributed by atoms with Crippen molar-refractivity contribution >= 4 is 17.7 Å². The number of tetrazole rings is 1. The molecule has 1 aromatic carbocycles. The molecule has 0 aliphatic carbocycles. The van der Waals surface area contributed by atoms with Crippen molar-refractivity contribution in [3.05, 3.63) is 42.1 Å². The Balaban J connectivity index is 1.42. The van der Waals surface area contributed by atoms with Crippen LogP contribution in [-0.4, -0.2) is 70.0 Å². The minimum Gasteiger partial charge on any atom is -0.442 e. The van der Waals surface area contributed by atoms with Crippen molar-refractivity contribution in [1.82, 2.24) is 35.8 Å². The number of aryl methyl sites for hydroxylation is 2. The third-order valence-electron chi connectivity index (χ3n) is 5.34. The van der Waals surface area contributed by atoms with Gasteiger partial charge >= 0.3 is 6.09 Å². The van der Waals surface area contributed by atoms with Crippen molar-refractivity contribution < 1.29 is 14.3 Å². The molecule has 0 unspecified atom stereocenters. The zero-order chi connectivity index (χ0) is 23.4. The van der Waals surface area contributed by atoms with Crippen molar-refractivity contribution in [2.45, 2.75) is 19.4 Å². The predicted octanol–water partition coefficient (Wildman–Crippen LogP) is 1.30. The zero-order valence-electron chi connectivity index (χ0n) is 18.8. The van der Waals surface area contributed by atoms with Gasteiger partial charge in [0.25, 0.3) is 0 Å². The lowest BCUT2D eigenvalue weighted by Crippen LogP contribution is -2.35. The Kier molecular flexibility index (Phi) is 6.59. The van der Waals surface area contributed by atoms with Crippen molar-refractivity contribution in [2.75, 3.05) is 31.6 Å². The number of hydrogen-bond donors (Lipinski definition) is 2. The number of aromatic nitrogens is 5. The summed E-state index contributed by atoms with van der Waals surface area (Å²) in [5.41, 5.74) is 4.34. The highest BCUT2D eigenvalue weighted by Crippen LogP contribution is 2.30. The van der Waals surface area contributed by atoms with E-state index >= 15 is 0 Å². The van der Waals surface area contributed by atoms with Gasteiger partial charge in [0.05, 0.1) is 20.1 Å². The van der Waals surface area contributed by atoms with E-state index in [-0.39, 0.29) is 12.0 Å². The lowest BCUT2D eigenvalue weighted by atomic mass is 10.0. The maximum Gasteiger partial charge on any atom is 0.414 e. The predicted molar refractivity (Wildman–Crippen MR) is 121 cm³/mol. The highest BCUT2D eigenvalue weighted by molar-refractivity contribution is 5.90. The second-order valence-electron chi connectivity index (χ2n) is 7.81. The Labute approximate surface area is 191 Å². The number of benzene rings is 1. The molecule has 0 saturated carbocycles. The molecule has 2 amide bonds. The molecule has 33 heavy (non-hydrogen) atoms. The van der Waals surface area contributed by atoms with Gasteiger partial charge in [-0.3, -0.25) is 14.7 Å². The second-order valence-corrected chi connectivity index (χ2v) is 7.81. The van der Waals surface area contributed by atoms with Crippen LogP contribution in [-0.2, 0) is 16.6 Å². The smallest absolute Gasteiger partial charge is 0.414 e. The number of pyridine rings is 1. The number of ether oxygens (including phenoxy) is 1. The van der Waals surface area contributed by atoms with Crippen LogP contribution in [0.1, 0.15) is 12.0 Å². The summed E-state index contributed by atoms with van der Waals surface area (Å²) >= 11 is 0. The molecule has 0 spiro atoms. The van der Waals surface area contributed by atoms with Crippen LogP contribution in [0.2, 0.25) is 0 Å². The molecule has 1 atom stereocenters. The number of cyclic esters (lactones) is 1. The molecule has 2 aromatic heterocycles. The lowest BCUT2D eigenvalue weighted by molar-refractivity contribution is -0.121. The first-order chi connectivity index (χ1) is 15.9. The number of nitrogens with one attached hydrogen (secondary N) is 2. The molecule has 0 radical (unpaired) electrons. The van der Waals surface area contributed by atoms with E-state index < -0.39 is 6.09 Å². The summed E-state index contributed by atoms with van der Waals surface area (Å²) in [5, 5.41) is 17.7. The first-order valence-corrected chi connectivity index (χ1v) is 10.7. The third kappa shape index (κ3) is 5.14. The van der Waals surface area contributed by atoms with Gasteiger partial charge in [-0.25, -0.2) is 4.79 Å². The average molecular weight is 451 g/mol. The molecule has 1 aliphatic heterocycles. The van der Waals surface area contributed by atoms with Crippen molar-refractivity contribution in [1.29, 1.82) is 0 Å². The molecule has 2 N–H and O–H groups in total. The van der Waals surface area contributed by atoms with Gasteiger partial charge in [-0.2, -0.15) is 4.80 Å². The average Bonchev–Trinajstić information content (AvgIpc) is 3.41. The van der Waals surface area contributed by atoms with Crippen LogP contribution in [0.4, 0.5) is 10.5 Å². The van der Waals surface area contributed by atoms with Crippen LogP contribution in [0.5, 0.6) is 0 Å². The quantitative estimate of drug-likeness (QED) is 0.526. The highest BCUT2D eigenvalue weighted by atomic mass is 16.6. The molecule has 11 heteroatoms. The van der Waals surface area contributed by atoms with Crippen LogP contribution >= 0.6 is 0 Å². The number of amides is 2. The first kappa shape index (κ1) is 22.3. The summed E-state index contributed by atoms with van der Waals surface area (Å²) in [4.78, 5) is 31.6. The summed E-state index contributed by atoms with van der Waals surface area (Å²) in [5.74, 6) is 0.394. The summed E-state index contributed by atoms with van der Waals surface area (Å²) in [7, 11) is 3.50. The molecular weight excluding hydrogens is 424 g/mol. The van der Waals surface area contributed by atoms with E-state index in [0.29, 0.717) is 37.6 Å². The SMILES string of the molecule is CNCCC(=O)NC[C@H]1CN(c2ccc(-c3ccc(-c4nnn(C)n4)nc3)c(C)c2)C(=O)O1. The molecular formula is C22H26N8O3. The van der Waals surface area contributed by atoms with E-state index in [1.54, 1.807) is 25.2 Å². The molecule has 3 aromatic rings. The van der Waals surface area contributed by atoms with Gasteiger partial charge in [-0.05, 0) is 48.5 Å². The Morgan fingerprint density at radius 1 is 1.27 bits per heavy atom. The van der Waals surface area contributed by atoms with Gasteiger partial charge in [0.1, 0.15) is 11.8 Å². The molecule has 11 nitrogen and oxygen atoms in total. The third-order valence-corrected chi connectivity index (χ3v) is 5.34. The number of carbonyl (C=O) groups excluding carboxylic acids is 2. The van der Waals surface area contributed by atoms with Gasteiger partial charge in [0.15, 0.2) is 0 Å². The van der Waals surface area contributed by atoms with Crippen molar-refractivity contribution in [3.63, 3.8) is 0 Å². The van der Waals surface area contributed by atoms with Crippen LogP contribution in [0, 0.1) is 6.92 Å². The monoisotopic (exact) mass is 450 g/mol. The number of carbonyl (C=O) groups is 2. The van der Waals surface area contributed by atoms with E-state index in [0.717, 1.165) is 22.4 Å². The van der Waals surface area contributed by atoms with Gasteiger partial charge < -0.3 is 15.4 Å². The normalized spacial score (nSPS) is 15.5. The molecule has 172 valence electrons. The van der Waals surface area contributed by atoms with E-state index in [1.807, 2.05) is 37.3 Å².